The average molecular weight is 352 g/mol. The Bertz CT molecular complexity index is 736. The summed E-state index contributed by atoms with van der Waals surface area (Å²) in [5.41, 5.74) is 5.49. The van der Waals surface area contributed by atoms with E-state index in [0.29, 0.717) is 0 Å². The highest BCUT2D eigenvalue weighted by molar-refractivity contribution is 5.87. The van der Waals surface area contributed by atoms with E-state index in [1.165, 1.54) is 12.1 Å². The van der Waals surface area contributed by atoms with Crippen LogP contribution in [0.3, 0.4) is 0 Å². The molecule has 2 aromatic carbocycles. The fourth-order valence-corrected chi connectivity index (χ4v) is 2.53. The number of hydrazone groups is 1. The van der Waals surface area contributed by atoms with Crippen molar-refractivity contribution in [3.05, 3.63) is 77.1 Å². The number of hydrogen-bond donors (Lipinski definition) is 1. The molecule has 26 heavy (non-hydrogen) atoms. The number of nitrogens with one attached hydrogen (secondary N) is 1. The van der Waals surface area contributed by atoms with E-state index in [4.69, 9.17) is 0 Å². The topological polar surface area (TPSA) is 41.5 Å². The van der Waals surface area contributed by atoms with Crippen molar-refractivity contribution in [3.63, 3.8) is 0 Å². The first-order valence-electron chi connectivity index (χ1n) is 8.99. The summed E-state index contributed by atoms with van der Waals surface area (Å²) >= 11 is 0. The Labute approximate surface area is 154 Å². The number of benzene rings is 2. The van der Waals surface area contributed by atoms with E-state index in [0.717, 1.165) is 42.4 Å². The van der Waals surface area contributed by atoms with E-state index in [-0.39, 0.29) is 18.1 Å². The summed E-state index contributed by atoms with van der Waals surface area (Å²) in [6.07, 6.45) is 8.30. The van der Waals surface area contributed by atoms with Crippen molar-refractivity contribution in [1.82, 2.24) is 5.43 Å². The fourth-order valence-electron chi connectivity index (χ4n) is 2.53. The van der Waals surface area contributed by atoms with Crippen LogP contribution < -0.4 is 5.43 Å². The quantitative estimate of drug-likeness (QED) is 0.379. The summed E-state index contributed by atoms with van der Waals surface area (Å²) in [4.78, 5) is 12.0. The lowest BCUT2D eigenvalue weighted by molar-refractivity contribution is -0.120. The summed E-state index contributed by atoms with van der Waals surface area (Å²) in [6.45, 7) is 2.17. The summed E-state index contributed by atoms with van der Waals surface area (Å²) in [5, 5.41) is 4.09. The third kappa shape index (κ3) is 7.43. The van der Waals surface area contributed by atoms with Gasteiger partial charge in [-0.25, -0.2) is 9.82 Å². The van der Waals surface area contributed by atoms with Crippen molar-refractivity contribution in [1.29, 1.82) is 0 Å². The molecule has 0 heterocycles. The standard InChI is InChI=1S/C22H25FN2O/c1-2-3-5-10-20(15-18-8-6-4-7-9-18)17-24-25-22(26)16-19-11-13-21(23)14-12-19/h4,6-9,11-15,17H,2-3,5,10,16H2,1H3,(H,25,26)/b20-15+,24-17-. The van der Waals surface area contributed by atoms with E-state index in [1.807, 2.05) is 30.3 Å². The highest BCUT2D eigenvalue weighted by Gasteiger charge is 2.02. The van der Waals surface area contributed by atoms with Gasteiger partial charge in [0.25, 0.3) is 0 Å². The number of amides is 1. The second-order valence-corrected chi connectivity index (χ2v) is 6.18. The lowest BCUT2D eigenvalue weighted by Crippen LogP contribution is -2.19. The average Bonchev–Trinajstić information content (AvgIpc) is 2.64. The lowest BCUT2D eigenvalue weighted by atomic mass is 10.1. The third-order valence-electron chi connectivity index (χ3n) is 3.92. The van der Waals surface area contributed by atoms with Crippen molar-refractivity contribution in [3.8, 4) is 0 Å². The van der Waals surface area contributed by atoms with Gasteiger partial charge in [-0.15, -0.1) is 0 Å². The summed E-state index contributed by atoms with van der Waals surface area (Å²) in [5.74, 6) is -0.532. The zero-order chi connectivity index (χ0) is 18.6. The molecule has 0 spiro atoms. The second kappa shape index (κ2) is 11.0. The van der Waals surface area contributed by atoms with Crippen molar-refractivity contribution in [2.75, 3.05) is 0 Å². The van der Waals surface area contributed by atoms with E-state index >= 15 is 0 Å². The van der Waals surface area contributed by atoms with Gasteiger partial charge in [-0.3, -0.25) is 4.79 Å². The molecule has 3 nitrogen and oxygen atoms in total. The van der Waals surface area contributed by atoms with Gasteiger partial charge in [0, 0.05) is 0 Å². The van der Waals surface area contributed by atoms with Crippen LogP contribution in [-0.2, 0) is 11.2 Å². The normalized spacial score (nSPS) is 11.7. The molecule has 0 atom stereocenters. The van der Waals surface area contributed by atoms with Gasteiger partial charge < -0.3 is 0 Å². The van der Waals surface area contributed by atoms with Gasteiger partial charge in [0.15, 0.2) is 0 Å². The van der Waals surface area contributed by atoms with Gasteiger partial charge in [0.05, 0.1) is 12.6 Å². The van der Waals surface area contributed by atoms with Crippen LogP contribution in [0.15, 0.2) is 65.3 Å². The van der Waals surface area contributed by atoms with Crippen LogP contribution in [0.5, 0.6) is 0 Å². The molecule has 136 valence electrons. The van der Waals surface area contributed by atoms with Crippen LogP contribution in [0.1, 0.15) is 43.7 Å². The molecule has 0 radical (unpaired) electrons. The second-order valence-electron chi connectivity index (χ2n) is 6.18. The molecule has 0 saturated heterocycles. The molecule has 0 aliphatic carbocycles. The van der Waals surface area contributed by atoms with E-state index in [9.17, 15) is 9.18 Å². The SMILES string of the molecule is CCCCCC(/C=N\NC(=O)Cc1ccc(F)cc1)=C\c1ccccc1. The molecule has 0 aliphatic heterocycles. The zero-order valence-corrected chi connectivity index (χ0v) is 15.1. The third-order valence-corrected chi connectivity index (χ3v) is 3.92. The minimum Gasteiger partial charge on any atom is -0.273 e. The smallest absolute Gasteiger partial charge is 0.244 e. The Morgan fingerprint density at radius 2 is 1.81 bits per heavy atom. The predicted octanol–water partition coefficient (Wildman–Crippen LogP) is 5.13. The zero-order valence-electron chi connectivity index (χ0n) is 15.1. The Morgan fingerprint density at radius 1 is 1.08 bits per heavy atom. The maximum absolute atomic E-state index is 12.9. The maximum Gasteiger partial charge on any atom is 0.244 e. The first-order chi connectivity index (χ1) is 12.7. The van der Waals surface area contributed by atoms with Crippen LogP contribution in [0.2, 0.25) is 0 Å². The molecular formula is C22H25FN2O. The van der Waals surface area contributed by atoms with Gasteiger partial charge in [0.1, 0.15) is 5.82 Å². The molecule has 0 bridgehead atoms. The molecule has 0 unspecified atom stereocenters. The molecule has 1 amide bonds. The minimum absolute atomic E-state index is 0.172. The van der Waals surface area contributed by atoms with Gasteiger partial charge in [-0.05, 0) is 41.7 Å². The maximum atomic E-state index is 12.9. The van der Waals surface area contributed by atoms with Crippen LogP contribution in [0.25, 0.3) is 6.08 Å². The first-order valence-corrected chi connectivity index (χ1v) is 8.99. The van der Waals surface area contributed by atoms with E-state index in [2.05, 4.69) is 23.5 Å². The molecule has 0 aromatic heterocycles. The Kier molecular flexibility index (Phi) is 8.27. The van der Waals surface area contributed by atoms with Gasteiger partial charge in [-0.1, -0.05) is 68.3 Å². The number of rotatable bonds is 9. The molecule has 0 fully saturated rings. The molecule has 0 aliphatic rings. The van der Waals surface area contributed by atoms with Crippen LogP contribution in [-0.4, -0.2) is 12.1 Å². The van der Waals surface area contributed by atoms with Crippen LogP contribution in [0, 0.1) is 5.82 Å². The number of carbonyl (C=O) groups excluding carboxylic acids is 1. The highest BCUT2D eigenvalue weighted by Crippen LogP contribution is 2.12. The van der Waals surface area contributed by atoms with Gasteiger partial charge in [-0.2, -0.15) is 5.10 Å². The number of hydrogen-bond acceptors (Lipinski definition) is 2. The largest absolute Gasteiger partial charge is 0.273 e. The van der Waals surface area contributed by atoms with E-state index in [1.54, 1.807) is 18.3 Å². The summed E-state index contributed by atoms with van der Waals surface area (Å²) < 4.78 is 12.9. The number of halogens is 1. The molecule has 2 aromatic rings. The number of allylic oxidation sites excluding steroid dienone is 1. The van der Waals surface area contributed by atoms with Gasteiger partial charge in [0.2, 0.25) is 5.91 Å². The summed E-state index contributed by atoms with van der Waals surface area (Å²) in [6, 6.07) is 16.0. The molecule has 4 heteroatoms. The Morgan fingerprint density at radius 3 is 2.50 bits per heavy atom. The minimum atomic E-state index is -0.310. The monoisotopic (exact) mass is 352 g/mol. The fraction of sp³-hybridized carbons (Fsp3) is 0.273. The molecular weight excluding hydrogens is 327 g/mol. The van der Waals surface area contributed by atoms with E-state index < -0.39 is 0 Å². The predicted molar refractivity (Wildman–Crippen MR) is 105 cm³/mol. The Hall–Kier alpha value is -2.75. The van der Waals surface area contributed by atoms with Crippen LogP contribution >= 0.6 is 0 Å². The molecule has 2 rings (SSSR count). The summed E-state index contributed by atoms with van der Waals surface area (Å²) in [7, 11) is 0. The lowest BCUT2D eigenvalue weighted by Gasteiger charge is -2.04. The van der Waals surface area contributed by atoms with Crippen molar-refractivity contribution < 1.29 is 9.18 Å². The molecule has 0 saturated carbocycles. The van der Waals surface area contributed by atoms with Crippen molar-refractivity contribution in [2.45, 2.75) is 39.0 Å². The van der Waals surface area contributed by atoms with Gasteiger partial charge >= 0.3 is 0 Å². The van der Waals surface area contributed by atoms with Crippen LogP contribution in [0.4, 0.5) is 4.39 Å². The number of carbonyl (C=O) groups is 1. The Balaban J connectivity index is 1.94. The molecule has 1 N–H and O–H groups in total. The number of nitrogens with zero attached hydrogens (tertiary/aromatic N) is 1. The highest BCUT2D eigenvalue weighted by atomic mass is 19.1. The first kappa shape index (κ1) is 19.6. The van der Waals surface area contributed by atoms with Crippen molar-refractivity contribution >= 4 is 18.2 Å². The number of unbranched alkanes of at least 4 members (excludes halogenated alkanes) is 2. The van der Waals surface area contributed by atoms with Crippen molar-refractivity contribution in [2.24, 2.45) is 5.10 Å².